The number of anilines is 3. The SMILES string of the molecule is COCCN(CCOC)c1nc(N[C@H](C(=O)OC)c2cnc[nH]2)nc(N2CCN(Cc3ccc(F)cc3)CC2)n1. The van der Waals surface area contributed by atoms with Crippen LogP contribution in [0.25, 0.3) is 0 Å². The van der Waals surface area contributed by atoms with E-state index in [0.717, 1.165) is 25.2 Å². The van der Waals surface area contributed by atoms with Crippen molar-refractivity contribution in [2.75, 3.05) is 88.9 Å². The smallest absolute Gasteiger partial charge is 0.334 e. The zero-order valence-electron chi connectivity index (χ0n) is 23.0. The summed E-state index contributed by atoms with van der Waals surface area (Å²) in [6.45, 7) is 5.65. The second kappa shape index (κ2) is 14.5. The van der Waals surface area contributed by atoms with Crippen molar-refractivity contribution in [1.29, 1.82) is 0 Å². The molecular weight excluding hydrogens is 521 g/mol. The molecule has 2 aromatic heterocycles. The van der Waals surface area contributed by atoms with E-state index in [1.165, 1.54) is 25.6 Å². The number of hydrogen-bond donors (Lipinski definition) is 2. The van der Waals surface area contributed by atoms with E-state index in [-0.39, 0.29) is 11.8 Å². The molecule has 216 valence electrons. The van der Waals surface area contributed by atoms with Gasteiger partial charge in [-0.2, -0.15) is 15.0 Å². The summed E-state index contributed by atoms with van der Waals surface area (Å²) < 4.78 is 28.9. The molecule has 0 bridgehead atoms. The first kappa shape index (κ1) is 29.1. The first-order valence-corrected chi connectivity index (χ1v) is 13.0. The average molecular weight is 558 g/mol. The number of nitrogens with zero attached hydrogens (tertiary/aromatic N) is 7. The number of ether oxygens (including phenoxy) is 3. The number of benzene rings is 1. The zero-order chi connectivity index (χ0) is 28.3. The second-order valence-electron chi connectivity index (χ2n) is 9.23. The molecular formula is C26H36FN9O4. The minimum absolute atomic E-state index is 0.221. The van der Waals surface area contributed by atoms with Gasteiger partial charge in [0.2, 0.25) is 17.8 Å². The average Bonchev–Trinajstić information content (AvgIpc) is 3.52. The topological polar surface area (TPSA) is 134 Å². The van der Waals surface area contributed by atoms with Crippen LogP contribution in [0.4, 0.5) is 22.2 Å². The van der Waals surface area contributed by atoms with Crippen LogP contribution in [0.1, 0.15) is 17.3 Å². The number of aromatic amines is 1. The van der Waals surface area contributed by atoms with Crippen molar-refractivity contribution in [3.05, 3.63) is 53.9 Å². The van der Waals surface area contributed by atoms with Crippen LogP contribution in [0.3, 0.4) is 0 Å². The van der Waals surface area contributed by atoms with Crippen molar-refractivity contribution in [3.63, 3.8) is 0 Å². The monoisotopic (exact) mass is 557 g/mol. The van der Waals surface area contributed by atoms with E-state index >= 15 is 0 Å². The highest BCUT2D eigenvalue weighted by Gasteiger charge is 2.27. The number of piperazine rings is 1. The van der Waals surface area contributed by atoms with E-state index in [9.17, 15) is 9.18 Å². The van der Waals surface area contributed by atoms with Gasteiger partial charge in [0, 0.05) is 60.0 Å². The van der Waals surface area contributed by atoms with Gasteiger partial charge in [0.1, 0.15) is 5.82 Å². The van der Waals surface area contributed by atoms with Gasteiger partial charge in [-0.05, 0) is 17.7 Å². The Hall–Kier alpha value is -3.88. The maximum Gasteiger partial charge on any atom is 0.334 e. The third-order valence-electron chi connectivity index (χ3n) is 6.54. The van der Waals surface area contributed by atoms with Gasteiger partial charge in [-0.25, -0.2) is 14.2 Å². The lowest BCUT2D eigenvalue weighted by Gasteiger charge is -2.35. The Bertz CT molecular complexity index is 1180. The molecule has 40 heavy (non-hydrogen) atoms. The van der Waals surface area contributed by atoms with Gasteiger partial charge in [0.15, 0.2) is 6.04 Å². The van der Waals surface area contributed by atoms with Crippen molar-refractivity contribution >= 4 is 23.8 Å². The Labute approximate surface area is 232 Å². The van der Waals surface area contributed by atoms with Gasteiger partial charge in [-0.3, -0.25) is 4.90 Å². The Morgan fingerprint density at radius 1 is 1.05 bits per heavy atom. The minimum atomic E-state index is -0.894. The number of carbonyl (C=O) groups excluding carboxylic acids is 1. The van der Waals surface area contributed by atoms with Gasteiger partial charge >= 0.3 is 5.97 Å². The van der Waals surface area contributed by atoms with Crippen molar-refractivity contribution in [2.45, 2.75) is 12.6 Å². The lowest BCUT2D eigenvalue weighted by atomic mass is 10.2. The number of hydrogen-bond acceptors (Lipinski definition) is 12. The number of methoxy groups -OCH3 is 3. The molecule has 1 aliphatic heterocycles. The molecule has 4 rings (SSSR count). The third-order valence-corrected chi connectivity index (χ3v) is 6.54. The number of esters is 1. The molecule has 0 amide bonds. The fourth-order valence-corrected chi connectivity index (χ4v) is 4.31. The summed E-state index contributed by atoms with van der Waals surface area (Å²) in [5.74, 6) is 0.387. The van der Waals surface area contributed by atoms with Crippen LogP contribution in [0, 0.1) is 5.82 Å². The number of carbonyl (C=O) groups is 1. The predicted octanol–water partition coefficient (Wildman–Crippen LogP) is 1.48. The standard InChI is InChI=1S/C26H36FN9O4/c1-38-14-12-36(13-15-39-2)26-32-24(30-22(23(37)40-3)21-16-28-18-29-21)31-25(33-26)35-10-8-34(9-11-35)17-19-4-6-20(27)7-5-19/h4-7,16,18,22H,8-15,17H2,1-3H3,(H,28,29)(H,30,31,32,33)/t22-/m0/s1. The molecule has 1 atom stereocenters. The van der Waals surface area contributed by atoms with Gasteiger partial charge in [-0.1, -0.05) is 12.1 Å². The lowest BCUT2D eigenvalue weighted by molar-refractivity contribution is -0.141. The van der Waals surface area contributed by atoms with E-state index in [4.69, 9.17) is 19.2 Å². The summed E-state index contributed by atoms with van der Waals surface area (Å²) in [5, 5.41) is 3.10. The van der Waals surface area contributed by atoms with Crippen molar-refractivity contribution in [1.82, 2.24) is 29.8 Å². The van der Waals surface area contributed by atoms with Gasteiger partial charge in [0.25, 0.3) is 0 Å². The number of halogens is 1. The van der Waals surface area contributed by atoms with Crippen molar-refractivity contribution in [2.24, 2.45) is 0 Å². The molecule has 14 heteroatoms. The summed E-state index contributed by atoms with van der Waals surface area (Å²) in [4.78, 5) is 40.1. The summed E-state index contributed by atoms with van der Waals surface area (Å²) in [5.41, 5.74) is 1.57. The Morgan fingerprint density at radius 3 is 2.35 bits per heavy atom. The normalized spacial score (nSPS) is 14.7. The first-order valence-electron chi connectivity index (χ1n) is 13.0. The largest absolute Gasteiger partial charge is 0.467 e. The predicted molar refractivity (Wildman–Crippen MR) is 147 cm³/mol. The van der Waals surface area contributed by atoms with E-state index in [1.807, 2.05) is 17.0 Å². The highest BCUT2D eigenvalue weighted by molar-refractivity contribution is 5.79. The molecule has 0 spiro atoms. The number of nitrogens with one attached hydrogen (secondary N) is 2. The van der Waals surface area contributed by atoms with Crippen LogP contribution in [-0.4, -0.2) is 110 Å². The van der Waals surface area contributed by atoms with E-state index in [2.05, 4.69) is 35.1 Å². The van der Waals surface area contributed by atoms with Crippen LogP contribution in [0.5, 0.6) is 0 Å². The van der Waals surface area contributed by atoms with Crippen LogP contribution in [-0.2, 0) is 25.5 Å². The maximum atomic E-state index is 13.3. The van der Waals surface area contributed by atoms with Gasteiger partial charge in [-0.15, -0.1) is 0 Å². The zero-order valence-corrected chi connectivity index (χ0v) is 23.0. The highest BCUT2D eigenvalue weighted by Crippen LogP contribution is 2.23. The summed E-state index contributed by atoms with van der Waals surface area (Å²) in [6.07, 6.45) is 3.03. The molecule has 1 fully saturated rings. The number of aromatic nitrogens is 5. The number of imidazole rings is 1. The third kappa shape index (κ3) is 7.83. The Kier molecular flexibility index (Phi) is 10.5. The molecule has 0 radical (unpaired) electrons. The molecule has 3 heterocycles. The van der Waals surface area contributed by atoms with Crippen molar-refractivity contribution in [3.8, 4) is 0 Å². The van der Waals surface area contributed by atoms with Crippen LogP contribution in [0.15, 0.2) is 36.8 Å². The van der Waals surface area contributed by atoms with Crippen LogP contribution < -0.4 is 15.1 Å². The summed E-state index contributed by atoms with van der Waals surface area (Å²) >= 11 is 0. The molecule has 3 aromatic rings. The van der Waals surface area contributed by atoms with E-state index in [0.29, 0.717) is 57.0 Å². The molecule has 2 N–H and O–H groups in total. The molecule has 1 saturated heterocycles. The molecule has 1 aliphatic rings. The maximum absolute atomic E-state index is 13.3. The van der Waals surface area contributed by atoms with Crippen LogP contribution in [0.2, 0.25) is 0 Å². The van der Waals surface area contributed by atoms with Gasteiger partial charge in [0.05, 0.1) is 38.5 Å². The van der Waals surface area contributed by atoms with Crippen molar-refractivity contribution < 1.29 is 23.4 Å². The van der Waals surface area contributed by atoms with E-state index in [1.54, 1.807) is 20.4 Å². The molecule has 0 unspecified atom stereocenters. The molecule has 1 aromatic carbocycles. The van der Waals surface area contributed by atoms with E-state index < -0.39 is 12.0 Å². The quantitative estimate of drug-likeness (QED) is 0.278. The first-order chi connectivity index (χ1) is 19.5. The Balaban J connectivity index is 1.57. The fraction of sp³-hybridized carbons (Fsp3) is 0.500. The minimum Gasteiger partial charge on any atom is -0.467 e. The highest BCUT2D eigenvalue weighted by atomic mass is 19.1. The molecule has 0 aliphatic carbocycles. The Morgan fingerprint density at radius 2 is 1.75 bits per heavy atom. The second-order valence-corrected chi connectivity index (χ2v) is 9.23. The number of rotatable bonds is 14. The van der Waals surface area contributed by atoms with Crippen LogP contribution >= 0.6 is 0 Å². The fourth-order valence-electron chi connectivity index (χ4n) is 4.31. The lowest BCUT2D eigenvalue weighted by Crippen LogP contribution is -2.46. The molecule has 0 saturated carbocycles. The number of H-pyrrole nitrogens is 1. The molecule has 13 nitrogen and oxygen atoms in total. The van der Waals surface area contributed by atoms with Gasteiger partial charge < -0.3 is 34.3 Å². The summed E-state index contributed by atoms with van der Waals surface area (Å²) in [6, 6.07) is 5.69. The summed E-state index contributed by atoms with van der Waals surface area (Å²) in [7, 11) is 4.59.